The number of rotatable bonds is 8. The number of aryl methyl sites for hydroxylation is 1. The third-order valence-electron chi connectivity index (χ3n) is 5.45. The first-order chi connectivity index (χ1) is 14.4. The topological polar surface area (TPSA) is 75.7 Å². The summed E-state index contributed by atoms with van der Waals surface area (Å²) >= 11 is 0. The lowest BCUT2D eigenvalue weighted by Crippen LogP contribution is -2.36. The number of sulfonamides is 1. The van der Waals surface area contributed by atoms with Gasteiger partial charge in [0.1, 0.15) is 5.75 Å². The molecule has 0 bridgehead atoms. The number of carbonyl (C=O) groups excluding carboxylic acids is 1. The quantitative estimate of drug-likeness (QED) is 0.694. The molecule has 30 heavy (non-hydrogen) atoms. The first kappa shape index (κ1) is 22.3. The van der Waals surface area contributed by atoms with E-state index in [1.54, 1.807) is 6.07 Å². The number of methoxy groups -OCH3 is 1. The van der Waals surface area contributed by atoms with Crippen molar-refractivity contribution in [2.24, 2.45) is 0 Å². The molecule has 0 aliphatic carbocycles. The molecule has 1 atom stereocenters. The van der Waals surface area contributed by atoms with Crippen LogP contribution >= 0.6 is 0 Å². The lowest BCUT2D eigenvalue weighted by molar-refractivity contribution is 0.0935. The third-order valence-corrected chi connectivity index (χ3v) is 7.35. The maximum atomic E-state index is 13.0. The summed E-state index contributed by atoms with van der Waals surface area (Å²) in [7, 11) is -2.14. The fourth-order valence-electron chi connectivity index (χ4n) is 3.68. The van der Waals surface area contributed by atoms with Crippen LogP contribution in [0.5, 0.6) is 5.75 Å². The van der Waals surface area contributed by atoms with Crippen molar-refractivity contribution in [3.63, 3.8) is 0 Å². The molecule has 0 aromatic heterocycles. The molecule has 1 aliphatic heterocycles. The number of amides is 1. The van der Waals surface area contributed by atoms with Crippen molar-refractivity contribution >= 4 is 15.9 Å². The van der Waals surface area contributed by atoms with Crippen LogP contribution in [0.2, 0.25) is 0 Å². The van der Waals surface area contributed by atoms with E-state index >= 15 is 0 Å². The van der Waals surface area contributed by atoms with Crippen LogP contribution in [-0.2, 0) is 16.4 Å². The van der Waals surface area contributed by atoms with Gasteiger partial charge in [-0.15, -0.1) is 0 Å². The van der Waals surface area contributed by atoms with Crippen LogP contribution in [0.25, 0.3) is 0 Å². The van der Waals surface area contributed by atoms with Gasteiger partial charge in [0.2, 0.25) is 10.0 Å². The Kier molecular flexibility index (Phi) is 7.50. The van der Waals surface area contributed by atoms with Gasteiger partial charge in [0.15, 0.2) is 0 Å². The molecule has 0 spiro atoms. The Morgan fingerprint density at radius 2 is 1.80 bits per heavy atom. The van der Waals surface area contributed by atoms with Crippen molar-refractivity contribution in [3.8, 4) is 5.75 Å². The molecule has 1 amide bonds. The van der Waals surface area contributed by atoms with Crippen molar-refractivity contribution in [2.45, 2.75) is 50.0 Å². The van der Waals surface area contributed by atoms with E-state index in [4.69, 9.17) is 4.74 Å². The molecule has 1 aliphatic rings. The number of ether oxygens (including phenoxy) is 1. The highest BCUT2D eigenvalue weighted by molar-refractivity contribution is 7.89. The molecule has 1 fully saturated rings. The van der Waals surface area contributed by atoms with Gasteiger partial charge in [-0.2, -0.15) is 4.31 Å². The second kappa shape index (κ2) is 10.1. The van der Waals surface area contributed by atoms with E-state index in [0.717, 1.165) is 32.1 Å². The Labute approximate surface area is 179 Å². The van der Waals surface area contributed by atoms with Gasteiger partial charge >= 0.3 is 0 Å². The van der Waals surface area contributed by atoms with Crippen LogP contribution in [-0.4, -0.2) is 44.9 Å². The monoisotopic (exact) mass is 430 g/mol. The molecular formula is C23H30N2O4S. The standard InChI is InChI=1S/C23H30N2O4S/c1-18(11-12-19-9-5-3-6-10-19)24-23(26)21-17-20(13-14-22(21)29-2)30(27,28)25-15-7-4-8-16-25/h3,5-6,9-10,13-14,17-18H,4,7-8,11-12,15-16H2,1-2H3,(H,24,26)/t18-/m1/s1. The normalized spacial score (nSPS) is 16.1. The highest BCUT2D eigenvalue weighted by Crippen LogP contribution is 2.26. The molecule has 2 aromatic carbocycles. The summed E-state index contributed by atoms with van der Waals surface area (Å²) in [6.07, 6.45) is 4.40. The van der Waals surface area contributed by atoms with Crippen LogP contribution in [0.4, 0.5) is 0 Å². The minimum atomic E-state index is -3.62. The van der Waals surface area contributed by atoms with E-state index in [1.165, 1.54) is 29.1 Å². The SMILES string of the molecule is COc1ccc(S(=O)(=O)N2CCCCC2)cc1C(=O)N[C@H](C)CCc1ccccc1. The van der Waals surface area contributed by atoms with E-state index in [-0.39, 0.29) is 22.4 Å². The summed E-state index contributed by atoms with van der Waals surface area (Å²) in [5.74, 6) is 0.0310. The zero-order valence-electron chi connectivity index (χ0n) is 17.6. The molecule has 0 saturated carbocycles. The molecule has 6 nitrogen and oxygen atoms in total. The third kappa shape index (κ3) is 5.40. The van der Waals surface area contributed by atoms with Crippen molar-refractivity contribution in [1.29, 1.82) is 0 Å². The molecule has 7 heteroatoms. The van der Waals surface area contributed by atoms with Crippen molar-refractivity contribution in [3.05, 3.63) is 59.7 Å². The number of nitrogens with one attached hydrogen (secondary N) is 1. The Balaban J connectivity index is 1.73. The van der Waals surface area contributed by atoms with Crippen LogP contribution in [0.3, 0.4) is 0 Å². The smallest absolute Gasteiger partial charge is 0.255 e. The van der Waals surface area contributed by atoms with E-state index in [1.807, 2.05) is 25.1 Å². The molecule has 1 heterocycles. The van der Waals surface area contributed by atoms with Gasteiger partial charge < -0.3 is 10.1 Å². The van der Waals surface area contributed by atoms with Crippen molar-refractivity contribution < 1.29 is 17.9 Å². The van der Waals surface area contributed by atoms with Crippen molar-refractivity contribution in [1.82, 2.24) is 9.62 Å². The van der Waals surface area contributed by atoms with Crippen LogP contribution < -0.4 is 10.1 Å². The highest BCUT2D eigenvalue weighted by Gasteiger charge is 2.27. The van der Waals surface area contributed by atoms with Crippen LogP contribution in [0.1, 0.15) is 48.5 Å². The number of benzene rings is 2. The summed E-state index contributed by atoms with van der Waals surface area (Å²) < 4.78 is 32.8. The van der Waals surface area contributed by atoms with Crippen LogP contribution in [0, 0.1) is 0 Å². The number of hydrogen-bond acceptors (Lipinski definition) is 4. The Morgan fingerprint density at radius 1 is 1.10 bits per heavy atom. The lowest BCUT2D eigenvalue weighted by atomic mass is 10.1. The van der Waals surface area contributed by atoms with Gasteiger partial charge in [-0.1, -0.05) is 36.8 Å². The Hall–Kier alpha value is -2.38. The second-order valence-corrected chi connectivity index (χ2v) is 9.66. The van der Waals surface area contributed by atoms with Gasteiger partial charge in [0, 0.05) is 19.1 Å². The second-order valence-electron chi connectivity index (χ2n) is 7.73. The summed E-state index contributed by atoms with van der Waals surface area (Å²) in [6, 6.07) is 14.5. The summed E-state index contributed by atoms with van der Waals surface area (Å²) in [6.45, 7) is 2.99. The van der Waals surface area contributed by atoms with Crippen molar-refractivity contribution in [2.75, 3.05) is 20.2 Å². The molecule has 3 rings (SSSR count). The van der Waals surface area contributed by atoms with Gasteiger partial charge in [0.25, 0.3) is 5.91 Å². The molecule has 1 saturated heterocycles. The van der Waals surface area contributed by atoms with Crippen LogP contribution in [0.15, 0.2) is 53.4 Å². The number of piperidine rings is 1. The zero-order chi connectivity index (χ0) is 21.6. The number of nitrogens with zero attached hydrogens (tertiary/aromatic N) is 1. The number of hydrogen-bond donors (Lipinski definition) is 1. The molecular weight excluding hydrogens is 400 g/mol. The maximum absolute atomic E-state index is 13.0. The average Bonchev–Trinajstić information content (AvgIpc) is 2.78. The first-order valence-electron chi connectivity index (χ1n) is 10.4. The Morgan fingerprint density at radius 3 is 2.47 bits per heavy atom. The first-order valence-corrected chi connectivity index (χ1v) is 11.9. The average molecular weight is 431 g/mol. The minimum absolute atomic E-state index is 0.0650. The molecule has 1 N–H and O–H groups in total. The lowest BCUT2D eigenvalue weighted by Gasteiger charge is -2.26. The largest absolute Gasteiger partial charge is 0.496 e. The maximum Gasteiger partial charge on any atom is 0.255 e. The summed E-state index contributed by atoms with van der Waals surface area (Å²) in [5.41, 5.74) is 1.45. The van der Waals surface area contributed by atoms with E-state index in [9.17, 15) is 13.2 Å². The van der Waals surface area contributed by atoms with E-state index < -0.39 is 10.0 Å². The Bertz CT molecular complexity index is 954. The highest BCUT2D eigenvalue weighted by atomic mass is 32.2. The fraction of sp³-hybridized carbons (Fsp3) is 0.435. The predicted molar refractivity (Wildman–Crippen MR) is 117 cm³/mol. The molecule has 0 unspecified atom stereocenters. The molecule has 0 radical (unpaired) electrons. The number of carbonyl (C=O) groups is 1. The fourth-order valence-corrected chi connectivity index (χ4v) is 5.22. The minimum Gasteiger partial charge on any atom is -0.496 e. The van der Waals surface area contributed by atoms with Gasteiger partial charge in [-0.25, -0.2) is 8.42 Å². The zero-order valence-corrected chi connectivity index (χ0v) is 18.5. The van der Waals surface area contributed by atoms with E-state index in [2.05, 4.69) is 17.4 Å². The summed E-state index contributed by atoms with van der Waals surface area (Å²) in [4.78, 5) is 13.0. The summed E-state index contributed by atoms with van der Waals surface area (Å²) in [5, 5.41) is 2.97. The molecule has 2 aromatic rings. The predicted octanol–water partition coefficient (Wildman–Crippen LogP) is 3.62. The molecule has 162 valence electrons. The van der Waals surface area contributed by atoms with E-state index in [0.29, 0.717) is 18.8 Å². The van der Waals surface area contributed by atoms with Gasteiger partial charge in [-0.05, 0) is 56.4 Å². The van der Waals surface area contributed by atoms with Gasteiger partial charge in [0.05, 0.1) is 17.6 Å². The van der Waals surface area contributed by atoms with Gasteiger partial charge in [-0.3, -0.25) is 4.79 Å².